The van der Waals surface area contributed by atoms with Crippen molar-refractivity contribution in [3.63, 3.8) is 0 Å². The average Bonchev–Trinajstić information content (AvgIpc) is 2.82. The SMILES string of the molecule is Cc1cc(NC2NCCN2)cc2nccnc12. The molecule has 0 saturated carbocycles. The Hall–Kier alpha value is -1.72. The zero-order valence-electron chi connectivity index (χ0n) is 9.70. The summed E-state index contributed by atoms with van der Waals surface area (Å²) in [4.78, 5) is 8.67. The van der Waals surface area contributed by atoms with Gasteiger partial charge in [0.25, 0.3) is 0 Å². The third-order valence-corrected chi connectivity index (χ3v) is 2.90. The number of rotatable bonds is 2. The monoisotopic (exact) mass is 229 g/mol. The molecule has 3 N–H and O–H groups in total. The van der Waals surface area contributed by atoms with E-state index >= 15 is 0 Å². The van der Waals surface area contributed by atoms with E-state index < -0.39 is 0 Å². The Kier molecular flexibility index (Phi) is 2.62. The summed E-state index contributed by atoms with van der Waals surface area (Å²) >= 11 is 0. The van der Waals surface area contributed by atoms with Crippen molar-refractivity contribution in [1.29, 1.82) is 0 Å². The number of aromatic nitrogens is 2. The number of fused-ring (bicyclic) bond motifs is 1. The molecule has 0 aliphatic carbocycles. The van der Waals surface area contributed by atoms with Crippen molar-refractivity contribution in [1.82, 2.24) is 20.6 Å². The Morgan fingerprint density at radius 3 is 2.76 bits per heavy atom. The summed E-state index contributed by atoms with van der Waals surface area (Å²) in [5, 5.41) is 10.0. The van der Waals surface area contributed by atoms with Crippen molar-refractivity contribution in [2.24, 2.45) is 0 Å². The Morgan fingerprint density at radius 2 is 1.94 bits per heavy atom. The quantitative estimate of drug-likeness (QED) is 0.712. The fourth-order valence-corrected chi connectivity index (χ4v) is 2.11. The molecule has 5 heteroatoms. The lowest BCUT2D eigenvalue weighted by molar-refractivity contribution is 0.620. The molecule has 1 aromatic heterocycles. The van der Waals surface area contributed by atoms with Gasteiger partial charge in [-0.15, -0.1) is 0 Å². The van der Waals surface area contributed by atoms with E-state index in [0.29, 0.717) is 0 Å². The summed E-state index contributed by atoms with van der Waals surface area (Å²) in [6, 6.07) is 4.12. The maximum Gasteiger partial charge on any atom is 0.132 e. The third-order valence-electron chi connectivity index (χ3n) is 2.90. The molecule has 2 aromatic rings. The molecular weight excluding hydrogens is 214 g/mol. The Balaban J connectivity index is 1.94. The number of benzene rings is 1. The van der Waals surface area contributed by atoms with Crippen LogP contribution in [0.4, 0.5) is 5.69 Å². The fourth-order valence-electron chi connectivity index (χ4n) is 2.11. The first-order chi connectivity index (χ1) is 8.33. The van der Waals surface area contributed by atoms with Gasteiger partial charge in [-0.2, -0.15) is 0 Å². The molecule has 0 atom stereocenters. The van der Waals surface area contributed by atoms with E-state index in [1.807, 2.05) is 6.07 Å². The molecule has 1 aromatic carbocycles. The predicted octanol–water partition coefficient (Wildman–Crippen LogP) is 0.827. The molecule has 5 nitrogen and oxygen atoms in total. The molecular formula is C12H15N5. The Labute approximate surface area is 99.7 Å². The summed E-state index contributed by atoms with van der Waals surface area (Å²) in [6.45, 7) is 4.03. The van der Waals surface area contributed by atoms with Gasteiger partial charge < -0.3 is 5.32 Å². The van der Waals surface area contributed by atoms with Gasteiger partial charge in [0.1, 0.15) is 6.29 Å². The van der Waals surface area contributed by atoms with E-state index in [0.717, 1.165) is 35.4 Å². The first kappa shape index (κ1) is 10.4. The summed E-state index contributed by atoms with van der Waals surface area (Å²) < 4.78 is 0. The van der Waals surface area contributed by atoms with Crippen LogP contribution >= 0.6 is 0 Å². The lowest BCUT2D eigenvalue weighted by atomic mass is 10.1. The van der Waals surface area contributed by atoms with Crippen LogP contribution in [0.2, 0.25) is 0 Å². The molecule has 3 rings (SSSR count). The molecule has 17 heavy (non-hydrogen) atoms. The van der Waals surface area contributed by atoms with Gasteiger partial charge in [-0.3, -0.25) is 20.6 Å². The fraction of sp³-hybridized carbons (Fsp3) is 0.333. The summed E-state index contributed by atoms with van der Waals surface area (Å²) in [7, 11) is 0. The van der Waals surface area contributed by atoms with E-state index in [1.165, 1.54) is 0 Å². The molecule has 0 spiro atoms. The summed E-state index contributed by atoms with van der Waals surface area (Å²) in [5.41, 5.74) is 4.08. The van der Waals surface area contributed by atoms with Gasteiger partial charge >= 0.3 is 0 Å². The summed E-state index contributed by atoms with van der Waals surface area (Å²) in [6.07, 6.45) is 3.59. The standard InChI is InChI=1S/C12H15N5/c1-8-6-9(17-12-15-4-5-16-12)7-10-11(8)14-3-2-13-10/h2-3,6-7,12,15-17H,4-5H2,1H3. The zero-order valence-corrected chi connectivity index (χ0v) is 9.70. The Bertz CT molecular complexity index is 533. The van der Waals surface area contributed by atoms with Crippen LogP contribution in [0.1, 0.15) is 5.56 Å². The molecule has 1 saturated heterocycles. The number of nitrogens with zero attached hydrogens (tertiary/aromatic N) is 2. The van der Waals surface area contributed by atoms with E-state index in [1.54, 1.807) is 12.4 Å². The topological polar surface area (TPSA) is 61.9 Å². The van der Waals surface area contributed by atoms with Gasteiger partial charge in [0.05, 0.1) is 11.0 Å². The van der Waals surface area contributed by atoms with Crippen LogP contribution in [0.25, 0.3) is 11.0 Å². The van der Waals surface area contributed by atoms with Crippen molar-refractivity contribution in [3.05, 3.63) is 30.1 Å². The van der Waals surface area contributed by atoms with E-state index in [2.05, 4.69) is 38.9 Å². The maximum absolute atomic E-state index is 4.33. The van der Waals surface area contributed by atoms with Crippen molar-refractivity contribution in [2.45, 2.75) is 13.2 Å². The minimum absolute atomic E-state index is 0.142. The van der Waals surface area contributed by atoms with E-state index in [-0.39, 0.29) is 6.29 Å². The highest BCUT2D eigenvalue weighted by atomic mass is 15.3. The third kappa shape index (κ3) is 2.07. The molecule has 2 heterocycles. The van der Waals surface area contributed by atoms with Crippen LogP contribution in [0.15, 0.2) is 24.5 Å². The first-order valence-electron chi connectivity index (χ1n) is 5.77. The zero-order chi connectivity index (χ0) is 11.7. The summed E-state index contributed by atoms with van der Waals surface area (Å²) in [5.74, 6) is 0. The van der Waals surface area contributed by atoms with Gasteiger partial charge in [-0.1, -0.05) is 0 Å². The van der Waals surface area contributed by atoms with Gasteiger partial charge in [0, 0.05) is 31.2 Å². The number of nitrogens with one attached hydrogen (secondary N) is 3. The number of hydrogen-bond acceptors (Lipinski definition) is 5. The highest BCUT2D eigenvalue weighted by molar-refractivity contribution is 5.81. The van der Waals surface area contributed by atoms with Crippen molar-refractivity contribution >= 4 is 16.7 Å². The smallest absolute Gasteiger partial charge is 0.132 e. The highest BCUT2D eigenvalue weighted by Gasteiger charge is 2.12. The second-order valence-electron chi connectivity index (χ2n) is 4.20. The molecule has 0 amide bonds. The molecule has 88 valence electrons. The molecule has 0 bridgehead atoms. The van der Waals surface area contributed by atoms with Crippen LogP contribution in [-0.2, 0) is 0 Å². The Morgan fingerprint density at radius 1 is 1.18 bits per heavy atom. The second-order valence-corrected chi connectivity index (χ2v) is 4.20. The van der Waals surface area contributed by atoms with Gasteiger partial charge in [0.15, 0.2) is 0 Å². The largest absolute Gasteiger partial charge is 0.358 e. The van der Waals surface area contributed by atoms with E-state index in [9.17, 15) is 0 Å². The van der Waals surface area contributed by atoms with E-state index in [4.69, 9.17) is 0 Å². The van der Waals surface area contributed by atoms with Crippen LogP contribution < -0.4 is 16.0 Å². The van der Waals surface area contributed by atoms with Crippen LogP contribution in [0.5, 0.6) is 0 Å². The maximum atomic E-state index is 4.33. The highest BCUT2D eigenvalue weighted by Crippen LogP contribution is 2.20. The lowest BCUT2D eigenvalue weighted by Gasteiger charge is -2.15. The molecule has 1 aliphatic heterocycles. The van der Waals surface area contributed by atoms with Crippen molar-refractivity contribution < 1.29 is 0 Å². The predicted molar refractivity (Wildman–Crippen MR) is 67.7 cm³/mol. The average molecular weight is 229 g/mol. The number of anilines is 1. The van der Waals surface area contributed by atoms with Crippen molar-refractivity contribution in [2.75, 3.05) is 18.4 Å². The molecule has 1 aliphatic rings. The minimum Gasteiger partial charge on any atom is -0.358 e. The lowest BCUT2D eigenvalue weighted by Crippen LogP contribution is -2.38. The molecule has 0 radical (unpaired) electrons. The van der Waals surface area contributed by atoms with Crippen molar-refractivity contribution in [3.8, 4) is 0 Å². The first-order valence-corrected chi connectivity index (χ1v) is 5.77. The van der Waals surface area contributed by atoms with Crippen LogP contribution in [0, 0.1) is 6.92 Å². The van der Waals surface area contributed by atoms with Gasteiger partial charge in [-0.25, -0.2) is 0 Å². The normalized spacial score (nSPS) is 16.5. The molecule has 1 fully saturated rings. The van der Waals surface area contributed by atoms with Crippen LogP contribution in [-0.4, -0.2) is 29.3 Å². The minimum atomic E-state index is 0.142. The number of hydrogen-bond donors (Lipinski definition) is 3. The molecule has 0 unspecified atom stereocenters. The second kappa shape index (κ2) is 4.27. The van der Waals surface area contributed by atoms with Gasteiger partial charge in [-0.05, 0) is 24.6 Å². The van der Waals surface area contributed by atoms with Gasteiger partial charge in [0.2, 0.25) is 0 Å². The van der Waals surface area contributed by atoms with Crippen LogP contribution in [0.3, 0.4) is 0 Å². The number of aryl methyl sites for hydroxylation is 1.